The van der Waals surface area contributed by atoms with E-state index in [1.165, 1.54) is 27.8 Å². The Kier molecular flexibility index (Phi) is 5.40. The van der Waals surface area contributed by atoms with Crippen molar-refractivity contribution in [2.24, 2.45) is 10.4 Å². The average molecular weight is 456 g/mol. The average Bonchev–Trinajstić information content (AvgIpc) is 3.37. The topological polar surface area (TPSA) is 75.0 Å². The van der Waals surface area contributed by atoms with Gasteiger partial charge in [0, 0.05) is 41.6 Å². The number of ether oxygens (including phenoxy) is 1. The van der Waals surface area contributed by atoms with Crippen LogP contribution in [0.4, 0.5) is 25.1 Å². The van der Waals surface area contributed by atoms with Crippen LogP contribution in [0.5, 0.6) is 0 Å². The molecule has 8 nitrogen and oxygen atoms in total. The van der Waals surface area contributed by atoms with Gasteiger partial charge >= 0.3 is 6.03 Å². The molecule has 2 aromatic rings. The van der Waals surface area contributed by atoms with E-state index in [2.05, 4.69) is 27.0 Å². The van der Waals surface area contributed by atoms with Crippen LogP contribution in [0.1, 0.15) is 18.9 Å². The molecule has 0 bridgehead atoms. The van der Waals surface area contributed by atoms with Crippen LogP contribution >= 0.6 is 0 Å². The number of aliphatic imine (C=N–C) groups is 1. The summed E-state index contributed by atoms with van der Waals surface area (Å²) in [5.41, 5.74) is 2.62. The minimum Gasteiger partial charge on any atom is -0.380 e. The highest BCUT2D eigenvalue weighted by Gasteiger charge is 2.44. The zero-order chi connectivity index (χ0) is 23.2. The summed E-state index contributed by atoms with van der Waals surface area (Å²) in [6, 6.07) is 3.78. The predicted octanol–water partition coefficient (Wildman–Crippen LogP) is 3.61. The van der Waals surface area contributed by atoms with Crippen molar-refractivity contribution in [3.63, 3.8) is 0 Å². The summed E-state index contributed by atoms with van der Waals surface area (Å²) in [6.45, 7) is 9.31. The van der Waals surface area contributed by atoms with Gasteiger partial charge in [0.2, 0.25) is 0 Å². The second kappa shape index (κ2) is 8.26. The molecule has 3 fully saturated rings. The Balaban J connectivity index is 1.36. The number of aromatic nitrogens is 2. The first-order valence-corrected chi connectivity index (χ1v) is 10.9. The summed E-state index contributed by atoms with van der Waals surface area (Å²) in [4.78, 5) is 19.9. The van der Waals surface area contributed by atoms with Crippen molar-refractivity contribution in [1.82, 2.24) is 19.6 Å². The number of hydrogen-bond donors (Lipinski definition) is 1. The molecule has 0 radical (unpaired) electrons. The van der Waals surface area contributed by atoms with Crippen molar-refractivity contribution in [3.8, 4) is 5.69 Å². The van der Waals surface area contributed by atoms with Crippen molar-refractivity contribution >= 4 is 30.3 Å². The van der Waals surface area contributed by atoms with Gasteiger partial charge in [0.25, 0.3) is 0 Å². The minimum absolute atomic E-state index is 0.0631. The number of carbonyl (C=O) groups is 1. The van der Waals surface area contributed by atoms with E-state index in [1.807, 2.05) is 13.0 Å². The van der Waals surface area contributed by atoms with Crippen molar-refractivity contribution in [2.75, 3.05) is 44.7 Å². The SMILES string of the molecule is C=Nc1nn(-c2cc(NC(=O)N3CC(F)C3)ccc2F)cc1/C=C(\C)N1CCC2(COC2)C1. The Labute approximate surface area is 190 Å². The van der Waals surface area contributed by atoms with Crippen molar-refractivity contribution in [3.05, 3.63) is 41.5 Å². The molecular formula is C23H26F2N6O2. The van der Waals surface area contributed by atoms with E-state index < -0.39 is 18.0 Å². The van der Waals surface area contributed by atoms with Crippen LogP contribution in [0.15, 0.2) is 35.1 Å². The van der Waals surface area contributed by atoms with Gasteiger partial charge in [-0.15, -0.1) is 5.10 Å². The first-order chi connectivity index (χ1) is 15.9. The molecule has 1 spiro atoms. The van der Waals surface area contributed by atoms with Crippen LogP contribution in [0.3, 0.4) is 0 Å². The number of rotatable bonds is 5. The van der Waals surface area contributed by atoms with Gasteiger partial charge in [0.05, 0.1) is 26.3 Å². The number of amides is 2. The third kappa shape index (κ3) is 4.10. The molecule has 1 aromatic carbocycles. The molecule has 33 heavy (non-hydrogen) atoms. The number of halogens is 2. The van der Waals surface area contributed by atoms with Gasteiger partial charge in [-0.05, 0) is 44.3 Å². The number of likely N-dealkylation sites (tertiary alicyclic amines) is 2. The van der Waals surface area contributed by atoms with E-state index in [1.54, 1.807) is 6.20 Å². The minimum atomic E-state index is -0.989. The maximum Gasteiger partial charge on any atom is 0.322 e. The fourth-order valence-corrected chi connectivity index (χ4v) is 4.46. The van der Waals surface area contributed by atoms with Gasteiger partial charge < -0.3 is 19.9 Å². The number of anilines is 1. The summed E-state index contributed by atoms with van der Waals surface area (Å²) in [7, 11) is 0. The fraction of sp³-hybridized carbons (Fsp3) is 0.435. The number of benzene rings is 1. The van der Waals surface area contributed by atoms with E-state index in [0.717, 1.165) is 44.0 Å². The van der Waals surface area contributed by atoms with E-state index >= 15 is 0 Å². The first-order valence-electron chi connectivity index (χ1n) is 10.9. The molecule has 1 aromatic heterocycles. The number of nitrogens with one attached hydrogen (secondary N) is 1. The molecule has 0 atom stereocenters. The summed E-state index contributed by atoms with van der Waals surface area (Å²) < 4.78 is 34.5. The molecule has 10 heteroatoms. The summed E-state index contributed by atoms with van der Waals surface area (Å²) in [6.07, 6.45) is 3.79. The lowest BCUT2D eigenvalue weighted by Crippen LogP contribution is -2.53. The third-order valence-corrected chi connectivity index (χ3v) is 6.56. The van der Waals surface area contributed by atoms with Crippen molar-refractivity contribution in [2.45, 2.75) is 19.5 Å². The Morgan fingerprint density at radius 1 is 1.36 bits per heavy atom. The number of allylic oxidation sites excluding steroid dienone is 1. The molecule has 3 aliphatic heterocycles. The van der Waals surface area contributed by atoms with Crippen LogP contribution in [-0.2, 0) is 4.74 Å². The summed E-state index contributed by atoms with van der Waals surface area (Å²) in [5, 5.41) is 7.05. The maximum atomic E-state index is 14.6. The standard InChI is InChI=1S/C23H26F2N6O2/c1-15(29-6-5-23(12-29)13-33-14-23)7-16-9-31(28-21(16)26-2)20-8-18(3-4-19(20)25)27-22(32)30-10-17(24)11-30/h3-4,7-9,17H,2,5-6,10-14H2,1H3,(H,27,32)/b15-7+. The number of alkyl halides is 1. The van der Waals surface area contributed by atoms with Crippen molar-refractivity contribution < 1.29 is 18.3 Å². The predicted molar refractivity (Wildman–Crippen MR) is 121 cm³/mol. The van der Waals surface area contributed by atoms with Crippen LogP contribution in [0.2, 0.25) is 0 Å². The van der Waals surface area contributed by atoms with Crippen LogP contribution in [0.25, 0.3) is 11.8 Å². The largest absolute Gasteiger partial charge is 0.380 e. The monoisotopic (exact) mass is 456 g/mol. The smallest absolute Gasteiger partial charge is 0.322 e. The summed E-state index contributed by atoms with van der Waals surface area (Å²) in [5.74, 6) is -0.115. The van der Waals surface area contributed by atoms with Gasteiger partial charge in [0.1, 0.15) is 17.7 Å². The van der Waals surface area contributed by atoms with E-state index in [9.17, 15) is 13.6 Å². The second-order valence-corrected chi connectivity index (χ2v) is 9.06. The molecule has 5 rings (SSSR count). The van der Waals surface area contributed by atoms with Crippen LogP contribution in [0, 0.1) is 11.2 Å². The molecule has 3 aliphatic rings. The highest BCUT2D eigenvalue weighted by atomic mass is 19.1. The molecule has 0 aliphatic carbocycles. The van der Waals surface area contributed by atoms with Gasteiger partial charge in [-0.1, -0.05) is 0 Å². The second-order valence-electron chi connectivity index (χ2n) is 9.06. The Morgan fingerprint density at radius 2 is 2.15 bits per heavy atom. The molecule has 2 amide bonds. The highest BCUT2D eigenvalue weighted by molar-refractivity contribution is 5.90. The molecule has 174 valence electrons. The number of hydrogen-bond acceptors (Lipinski definition) is 5. The number of urea groups is 1. The lowest BCUT2D eigenvalue weighted by molar-refractivity contribution is -0.103. The maximum absolute atomic E-state index is 14.6. The lowest BCUT2D eigenvalue weighted by atomic mass is 9.85. The molecule has 3 saturated heterocycles. The zero-order valence-electron chi connectivity index (χ0n) is 18.4. The summed E-state index contributed by atoms with van der Waals surface area (Å²) >= 11 is 0. The van der Waals surface area contributed by atoms with Crippen LogP contribution in [-0.4, -0.2) is 77.9 Å². The lowest BCUT2D eigenvalue weighted by Gasteiger charge is -2.38. The molecule has 1 N–H and O–H groups in total. The van der Waals surface area contributed by atoms with Crippen LogP contribution < -0.4 is 5.32 Å². The molecule has 0 saturated carbocycles. The third-order valence-electron chi connectivity index (χ3n) is 6.56. The Morgan fingerprint density at radius 3 is 2.79 bits per heavy atom. The van der Waals surface area contributed by atoms with Gasteiger partial charge in [-0.3, -0.25) is 0 Å². The zero-order valence-corrected chi connectivity index (χ0v) is 18.4. The molecule has 4 heterocycles. The van der Waals surface area contributed by atoms with Gasteiger partial charge in [-0.25, -0.2) is 23.2 Å². The van der Waals surface area contributed by atoms with E-state index in [4.69, 9.17) is 4.74 Å². The molecular weight excluding hydrogens is 430 g/mol. The normalized spacial score (nSPS) is 20.0. The highest BCUT2D eigenvalue weighted by Crippen LogP contribution is 2.39. The molecule has 0 unspecified atom stereocenters. The van der Waals surface area contributed by atoms with Gasteiger partial charge in [0.15, 0.2) is 5.82 Å². The Bertz CT molecular complexity index is 1120. The van der Waals surface area contributed by atoms with E-state index in [-0.39, 0.29) is 24.2 Å². The quantitative estimate of drug-likeness (QED) is 0.698. The Hall–Kier alpha value is -3.27. The van der Waals surface area contributed by atoms with Gasteiger partial charge in [-0.2, -0.15) is 0 Å². The fourth-order valence-electron chi connectivity index (χ4n) is 4.46. The van der Waals surface area contributed by atoms with E-state index in [0.29, 0.717) is 11.5 Å². The van der Waals surface area contributed by atoms with Crippen molar-refractivity contribution in [1.29, 1.82) is 0 Å². The number of nitrogens with zero attached hydrogens (tertiary/aromatic N) is 5. The first kappa shape index (κ1) is 21.6. The number of carbonyl (C=O) groups excluding carboxylic acids is 1.